The fraction of sp³-hybridized carbons (Fsp3) is 0.393. The van der Waals surface area contributed by atoms with Crippen molar-refractivity contribution in [3.05, 3.63) is 60.9 Å². The van der Waals surface area contributed by atoms with Gasteiger partial charge in [-0.25, -0.2) is 14.6 Å². The number of piperazine rings is 1. The molecule has 0 radical (unpaired) electrons. The first-order valence-corrected chi connectivity index (χ1v) is 12.9. The molecule has 1 atom stereocenters. The van der Waals surface area contributed by atoms with Crippen LogP contribution in [0.3, 0.4) is 0 Å². The van der Waals surface area contributed by atoms with Gasteiger partial charge in [0.1, 0.15) is 29.3 Å². The van der Waals surface area contributed by atoms with Gasteiger partial charge in [0.15, 0.2) is 5.65 Å². The summed E-state index contributed by atoms with van der Waals surface area (Å²) < 4.78 is 8.07. The van der Waals surface area contributed by atoms with Gasteiger partial charge in [-0.15, -0.1) is 0 Å². The summed E-state index contributed by atoms with van der Waals surface area (Å²) >= 11 is 0. The zero-order valence-corrected chi connectivity index (χ0v) is 20.7. The number of benzene rings is 2. The Kier molecular flexibility index (Phi) is 6.29. The lowest BCUT2D eigenvalue weighted by Gasteiger charge is -2.41. The lowest BCUT2D eigenvalue weighted by Crippen LogP contribution is -2.53. The normalized spacial score (nSPS) is 23.1. The second-order valence-corrected chi connectivity index (χ2v) is 10.0. The van der Waals surface area contributed by atoms with Gasteiger partial charge in [0.2, 0.25) is 0 Å². The number of anilines is 1. The molecule has 1 aliphatic carbocycles. The number of rotatable bonds is 5. The van der Waals surface area contributed by atoms with Crippen LogP contribution in [0.4, 0.5) is 5.82 Å². The fourth-order valence-corrected chi connectivity index (χ4v) is 5.72. The Morgan fingerprint density at radius 3 is 2.39 bits per heavy atom. The maximum atomic E-state index is 6.36. The Bertz CT molecular complexity index is 1310. The van der Waals surface area contributed by atoms with Crippen molar-refractivity contribution in [3.8, 4) is 22.8 Å². The van der Waals surface area contributed by atoms with Gasteiger partial charge in [-0.1, -0.05) is 18.2 Å². The Morgan fingerprint density at radius 1 is 0.917 bits per heavy atom. The molecule has 1 saturated carbocycles. The van der Waals surface area contributed by atoms with Crippen LogP contribution in [0.15, 0.2) is 60.9 Å². The Morgan fingerprint density at radius 2 is 1.64 bits per heavy atom. The van der Waals surface area contributed by atoms with Crippen LogP contribution in [0.2, 0.25) is 0 Å². The van der Waals surface area contributed by atoms with Gasteiger partial charge in [0.25, 0.3) is 0 Å². The highest BCUT2D eigenvalue weighted by molar-refractivity contribution is 5.98. The highest BCUT2D eigenvalue weighted by Crippen LogP contribution is 2.37. The van der Waals surface area contributed by atoms with Gasteiger partial charge in [0, 0.05) is 37.3 Å². The highest BCUT2D eigenvalue weighted by atomic mass is 16.5. The number of nitrogens with two attached hydrogens (primary N) is 1. The van der Waals surface area contributed by atoms with Gasteiger partial charge < -0.3 is 15.8 Å². The summed E-state index contributed by atoms with van der Waals surface area (Å²) in [7, 11) is 0. The molecule has 2 fully saturated rings. The van der Waals surface area contributed by atoms with Crippen molar-refractivity contribution >= 4 is 16.9 Å². The number of nitrogen functional groups attached to an aromatic ring is 1. The summed E-state index contributed by atoms with van der Waals surface area (Å²) in [5, 5.41) is 9.46. The SMILES string of the molecule is C[C@@H]1CN([C@H]2CC[C@H](n3nc(-c4ccc(Oc5ccccc5)cc4)c4c(N)ncnc43)CC2)CCN1. The van der Waals surface area contributed by atoms with Crippen molar-refractivity contribution in [2.45, 2.75) is 50.7 Å². The molecule has 3 heterocycles. The van der Waals surface area contributed by atoms with Crippen molar-refractivity contribution in [1.29, 1.82) is 0 Å². The molecular formula is C28H33N7O. The van der Waals surface area contributed by atoms with Crippen LogP contribution >= 0.6 is 0 Å². The summed E-state index contributed by atoms with van der Waals surface area (Å²) in [4.78, 5) is 11.6. The van der Waals surface area contributed by atoms with E-state index in [1.165, 1.54) is 12.8 Å². The van der Waals surface area contributed by atoms with Crippen LogP contribution in [0, 0.1) is 0 Å². The summed E-state index contributed by atoms with van der Waals surface area (Å²) in [6.07, 6.45) is 6.09. The summed E-state index contributed by atoms with van der Waals surface area (Å²) in [5.41, 5.74) is 8.98. The summed E-state index contributed by atoms with van der Waals surface area (Å²) in [6.45, 7) is 5.64. The average Bonchev–Trinajstić information content (AvgIpc) is 3.31. The Labute approximate surface area is 211 Å². The third-order valence-electron chi connectivity index (χ3n) is 7.55. The van der Waals surface area contributed by atoms with Gasteiger partial charge >= 0.3 is 0 Å². The van der Waals surface area contributed by atoms with Crippen LogP contribution in [-0.4, -0.2) is 56.4 Å². The predicted octanol–water partition coefficient (Wildman–Crippen LogP) is 4.65. The topological polar surface area (TPSA) is 94.1 Å². The Balaban J connectivity index is 1.25. The molecule has 8 nitrogen and oxygen atoms in total. The van der Waals surface area contributed by atoms with E-state index in [-0.39, 0.29) is 0 Å². The van der Waals surface area contributed by atoms with E-state index in [0.29, 0.717) is 23.9 Å². The van der Waals surface area contributed by atoms with Crippen molar-refractivity contribution < 1.29 is 4.74 Å². The molecular weight excluding hydrogens is 450 g/mol. The van der Waals surface area contributed by atoms with E-state index in [1.54, 1.807) is 6.33 Å². The maximum Gasteiger partial charge on any atom is 0.164 e. The Hall–Kier alpha value is -3.49. The second kappa shape index (κ2) is 9.87. The minimum atomic E-state index is 0.313. The molecule has 1 saturated heterocycles. The van der Waals surface area contributed by atoms with E-state index in [1.807, 2.05) is 54.6 Å². The van der Waals surface area contributed by atoms with Crippen LogP contribution in [0.1, 0.15) is 38.6 Å². The number of nitrogens with one attached hydrogen (secondary N) is 1. The lowest BCUT2D eigenvalue weighted by molar-refractivity contribution is 0.105. The number of aromatic nitrogens is 4. The molecule has 1 aliphatic heterocycles. The second-order valence-electron chi connectivity index (χ2n) is 10.0. The maximum absolute atomic E-state index is 6.36. The quantitative estimate of drug-likeness (QED) is 0.427. The molecule has 2 aliphatic rings. The third kappa shape index (κ3) is 4.54. The fourth-order valence-electron chi connectivity index (χ4n) is 5.72. The van der Waals surface area contributed by atoms with E-state index in [4.69, 9.17) is 15.6 Å². The van der Waals surface area contributed by atoms with Crippen LogP contribution in [-0.2, 0) is 0 Å². The number of hydrogen-bond acceptors (Lipinski definition) is 7. The zero-order chi connectivity index (χ0) is 24.5. The lowest BCUT2D eigenvalue weighted by atomic mass is 9.89. The molecule has 0 spiro atoms. The first-order valence-electron chi connectivity index (χ1n) is 12.9. The number of para-hydroxylation sites is 1. The number of ether oxygens (including phenoxy) is 1. The molecule has 2 aromatic heterocycles. The number of hydrogen-bond donors (Lipinski definition) is 2. The van der Waals surface area contributed by atoms with E-state index in [9.17, 15) is 0 Å². The molecule has 0 amide bonds. The van der Waals surface area contributed by atoms with E-state index < -0.39 is 0 Å². The van der Waals surface area contributed by atoms with Crippen LogP contribution in [0.5, 0.6) is 11.5 Å². The molecule has 0 bridgehead atoms. The monoisotopic (exact) mass is 483 g/mol. The minimum absolute atomic E-state index is 0.313. The molecule has 4 aromatic rings. The molecule has 2 aromatic carbocycles. The van der Waals surface area contributed by atoms with Gasteiger partial charge in [-0.05, 0) is 69.0 Å². The first-order chi connectivity index (χ1) is 17.7. The molecule has 0 unspecified atom stereocenters. The number of nitrogens with zero attached hydrogens (tertiary/aromatic N) is 5. The van der Waals surface area contributed by atoms with E-state index in [2.05, 4.69) is 31.8 Å². The molecule has 6 rings (SSSR count). The average molecular weight is 484 g/mol. The van der Waals surface area contributed by atoms with Crippen molar-refractivity contribution in [3.63, 3.8) is 0 Å². The van der Waals surface area contributed by atoms with Crippen molar-refractivity contribution in [2.75, 3.05) is 25.4 Å². The molecule has 3 N–H and O–H groups in total. The minimum Gasteiger partial charge on any atom is -0.457 e. The van der Waals surface area contributed by atoms with Crippen molar-refractivity contribution in [1.82, 2.24) is 30.0 Å². The molecule has 36 heavy (non-hydrogen) atoms. The van der Waals surface area contributed by atoms with E-state index in [0.717, 1.165) is 66.3 Å². The smallest absolute Gasteiger partial charge is 0.164 e. The van der Waals surface area contributed by atoms with Gasteiger partial charge in [-0.3, -0.25) is 4.90 Å². The van der Waals surface area contributed by atoms with Gasteiger partial charge in [0.05, 0.1) is 11.4 Å². The van der Waals surface area contributed by atoms with Crippen LogP contribution in [0.25, 0.3) is 22.3 Å². The standard InChI is InChI=1S/C28H33N7O/c1-19-17-34(16-15-30-19)21-9-11-22(12-10-21)35-28-25(27(29)31-18-32-28)26(33-35)20-7-13-24(14-8-20)36-23-5-3-2-4-6-23/h2-8,13-14,18-19,21-22,30H,9-12,15-17H2,1H3,(H2,29,31,32)/t19-,21-,22-/m1/s1. The van der Waals surface area contributed by atoms with Crippen LogP contribution < -0.4 is 15.8 Å². The zero-order valence-electron chi connectivity index (χ0n) is 20.7. The van der Waals surface area contributed by atoms with E-state index >= 15 is 0 Å². The predicted molar refractivity (Wildman–Crippen MR) is 142 cm³/mol. The largest absolute Gasteiger partial charge is 0.457 e. The summed E-state index contributed by atoms with van der Waals surface area (Å²) in [5.74, 6) is 2.05. The third-order valence-corrected chi connectivity index (χ3v) is 7.55. The summed E-state index contributed by atoms with van der Waals surface area (Å²) in [6, 6.07) is 19.3. The highest BCUT2D eigenvalue weighted by Gasteiger charge is 2.31. The molecule has 8 heteroatoms. The molecule has 186 valence electrons. The number of fused-ring (bicyclic) bond motifs is 1. The van der Waals surface area contributed by atoms with Gasteiger partial charge in [-0.2, -0.15) is 5.10 Å². The first kappa shape index (κ1) is 22.9. The van der Waals surface area contributed by atoms with Crippen molar-refractivity contribution in [2.24, 2.45) is 0 Å².